The summed E-state index contributed by atoms with van der Waals surface area (Å²) in [5.41, 5.74) is 7.50. The van der Waals surface area contributed by atoms with Crippen molar-refractivity contribution in [3.8, 4) is 0 Å². The molecule has 0 aliphatic heterocycles. The summed E-state index contributed by atoms with van der Waals surface area (Å²) in [6.45, 7) is 0.356. The third-order valence-corrected chi connectivity index (χ3v) is 4.01. The van der Waals surface area contributed by atoms with Crippen molar-refractivity contribution < 1.29 is 9.52 Å². The van der Waals surface area contributed by atoms with Gasteiger partial charge in [0.1, 0.15) is 0 Å². The van der Waals surface area contributed by atoms with E-state index in [1.165, 1.54) is 6.26 Å². The molecule has 0 saturated carbocycles. The molecule has 2 rings (SSSR count). The first-order chi connectivity index (χ1) is 8.63. The number of aliphatic hydroxyl groups is 1. The van der Waals surface area contributed by atoms with Crippen molar-refractivity contribution in [2.24, 2.45) is 5.73 Å². The van der Waals surface area contributed by atoms with Gasteiger partial charge < -0.3 is 15.3 Å². The lowest BCUT2D eigenvalue weighted by molar-refractivity contribution is 0.145. The summed E-state index contributed by atoms with van der Waals surface area (Å²) in [5.74, 6) is -0.170. The van der Waals surface area contributed by atoms with Crippen LogP contribution in [0.25, 0.3) is 0 Å². The second-order valence-electron chi connectivity index (χ2n) is 3.99. The summed E-state index contributed by atoms with van der Waals surface area (Å²) in [6.07, 6.45) is 0.842. The molecule has 0 amide bonds. The summed E-state index contributed by atoms with van der Waals surface area (Å²) in [6, 6.07) is 9.54. The quantitative estimate of drug-likeness (QED) is 0.859. The molecular weight excluding hydrogens is 362 g/mol. The highest BCUT2D eigenvalue weighted by atomic mass is 79.9. The largest absolute Gasteiger partial charge is 0.457 e. The van der Waals surface area contributed by atoms with Crippen LogP contribution in [0.1, 0.15) is 23.1 Å². The number of halogens is 2. The molecule has 2 unspecified atom stereocenters. The predicted molar refractivity (Wildman–Crippen MR) is 77.3 cm³/mol. The number of benzene rings is 1. The Labute approximate surface area is 122 Å². The second-order valence-corrected chi connectivity index (χ2v) is 5.63. The van der Waals surface area contributed by atoms with Gasteiger partial charge >= 0.3 is 0 Å². The van der Waals surface area contributed by atoms with Crippen molar-refractivity contribution in [3.63, 3.8) is 0 Å². The first-order valence-corrected chi connectivity index (χ1v) is 7.08. The van der Waals surface area contributed by atoms with E-state index in [0.29, 0.717) is 16.8 Å². The van der Waals surface area contributed by atoms with Crippen molar-refractivity contribution in [2.75, 3.05) is 6.54 Å². The molecule has 96 valence electrons. The number of hydrogen-bond acceptors (Lipinski definition) is 3. The minimum absolute atomic E-state index is 0.170. The maximum atomic E-state index is 10.4. The van der Waals surface area contributed by atoms with Gasteiger partial charge in [0, 0.05) is 22.5 Å². The van der Waals surface area contributed by atoms with Crippen molar-refractivity contribution in [1.82, 2.24) is 0 Å². The lowest BCUT2D eigenvalue weighted by atomic mass is 9.90. The van der Waals surface area contributed by atoms with Gasteiger partial charge in [-0.1, -0.05) is 28.1 Å². The van der Waals surface area contributed by atoms with Gasteiger partial charge in [-0.25, -0.2) is 0 Å². The minimum atomic E-state index is -0.697. The lowest BCUT2D eigenvalue weighted by Gasteiger charge is -2.21. The second kappa shape index (κ2) is 6.02. The van der Waals surface area contributed by atoms with Gasteiger partial charge in [0.25, 0.3) is 0 Å². The Morgan fingerprint density at radius 2 is 2.06 bits per heavy atom. The molecule has 0 bridgehead atoms. The van der Waals surface area contributed by atoms with Gasteiger partial charge in [-0.05, 0) is 39.7 Å². The molecule has 0 spiro atoms. The first kappa shape index (κ1) is 13.8. The number of hydrogen-bond donors (Lipinski definition) is 2. The zero-order valence-corrected chi connectivity index (χ0v) is 12.7. The summed E-state index contributed by atoms with van der Waals surface area (Å²) in [7, 11) is 0. The fourth-order valence-electron chi connectivity index (χ4n) is 1.92. The predicted octanol–water partition coefficient (Wildman–Crippen LogP) is 3.58. The van der Waals surface area contributed by atoms with Crippen LogP contribution >= 0.6 is 31.9 Å². The SMILES string of the molecule is NCC(c1cccc(Br)c1)C(O)c1ccoc1Br. The number of furan rings is 1. The fraction of sp³-hybridized carbons (Fsp3) is 0.231. The number of rotatable bonds is 4. The van der Waals surface area contributed by atoms with Gasteiger partial charge in [-0.3, -0.25) is 0 Å². The Balaban J connectivity index is 2.32. The molecule has 3 N–H and O–H groups in total. The van der Waals surface area contributed by atoms with E-state index in [1.807, 2.05) is 24.3 Å². The Morgan fingerprint density at radius 3 is 2.61 bits per heavy atom. The van der Waals surface area contributed by atoms with Gasteiger partial charge in [-0.15, -0.1) is 0 Å². The van der Waals surface area contributed by atoms with Crippen LogP contribution < -0.4 is 5.73 Å². The van der Waals surface area contributed by atoms with Crippen LogP contribution in [0.4, 0.5) is 0 Å². The molecule has 3 nitrogen and oxygen atoms in total. The van der Waals surface area contributed by atoms with E-state index in [1.54, 1.807) is 6.07 Å². The number of nitrogens with two attached hydrogens (primary N) is 1. The summed E-state index contributed by atoms with van der Waals surface area (Å²) in [5, 5.41) is 10.4. The molecule has 0 radical (unpaired) electrons. The zero-order valence-electron chi connectivity index (χ0n) is 9.51. The third kappa shape index (κ3) is 2.85. The first-order valence-electron chi connectivity index (χ1n) is 5.50. The van der Waals surface area contributed by atoms with Crippen molar-refractivity contribution >= 4 is 31.9 Å². The minimum Gasteiger partial charge on any atom is -0.457 e. The van der Waals surface area contributed by atoms with E-state index < -0.39 is 6.10 Å². The van der Waals surface area contributed by atoms with Crippen LogP contribution in [0.15, 0.2) is 50.2 Å². The smallest absolute Gasteiger partial charge is 0.174 e. The third-order valence-electron chi connectivity index (χ3n) is 2.88. The Morgan fingerprint density at radius 1 is 1.28 bits per heavy atom. The van der Waals surface area contributed by atoms with Gasteiger partial charge in [0.15, 0.2) is 4.67 Å². The van der Waals surface area contributed by atoms with Gasteiger partial charge in [-0.2, -0.15) is 0 Å². The van der Waals surface area contributed by atoms with Crippen molar-refractivity contribution in [1.29, 1.82) is 0 Å². The lowest BCUT2D eigenvalue weighted by Crippen LogP contribution is -2.20. The maximum Gasteiger partial charge on any atom is 0.174 e. The van der Waals surface area contributed by atoms with Crippen LogP contribution in [-0.4, -0.2) is 11.7 Å². The van der Waals surface area contributed by atoms with Crippen LogP contribution in [0.5, 0.6) is 0 Å². The Bertz CT molecular complexity index is 527. The van der Waals surface area contributed by atoms with E-state index in [9.17, 15) is 5.11 Å². The molecular formula is C13H13Br2NO2. The average molecular weight is 375 g/mol. The molecule has 1 heterocycles. The van der Waals surface area contributed by atoms with E-state index in [2.05, 4.69) is 31.9 Å². The van der Waals surface area contributed by atoms with Gasteiger partial charge in [0.05, 0.1) is 12.4 Å². The monoisotopic (exact) mass is 373 g/mol. The molecule has 0 fully saturated rings. The highest BCUT2D eigenvalue weighted by Gasteiger charge is 2.24. The summed E-state index contributed by atoms with van der Waals surface area (Å²) in [4.78, 5) is 0. The highest BCUT2D eigenvalue weighted by Crippen LogP contribution is 2.35. The van der Waals surface area contributed by atoms with E-state index in [4.69, 9.17) is 10.2 Å². The van der Waals surface area contributed by atoms with Crippen LogP contribution in [0.3, 0.4) is 0 Å². The van der Waals surface area contributed by atoms with Gasteiger partial charge in [0.2, 0.25) is 0 Å². The molecule has 0 saturated heterocycles. The number of aliphatic hydroxyl groups excluding tert-OH is 1. The molecule has 0 aliphatic carbocycles. The summed E-state index contributed by atoms with van der Waals surface area (Å²) >= 11 is 6.70. The molecule has 1 aromatic carbocycles. The zero-order chi connectivity index (χ0) is 13.1. The van der Waals surface area contributed by atoms with E-state index in [0.717, 1.165) is 10.0 Å². The molecule has 0 aliphatic rings. The van der Waals surface area contributed by atoms with Crippen LogP contribution in [-0.2, 0) is 0 Å². The average Bonchev–Trinajstić information content (AvgIpc) is 2.76. The van der Waals surface area contributed by atoms with Crippen molar-refractivity contribution in [3.05, 3.63) is 56.9 Å². The normalized spacial score (nSPS) is 14.4. The molecule has 1 aromatic heterocycles. The Kier molecular flexibility index (Phi) is 4.61. The Hall–Kier alpha value is -0.620. The molecule has 5 heteroatoms. The van der Waals surface area contributed by atoms with E-state index >= 15 is 0 Å². The molecule has 18 heavy (non-hydrogen) atoms. The summed E-state index contributed by atoms with van der Waals surface area (Å²) < 4.78 is 6.66. The topological polar surface area (TPSA) is 59.4 Å². The standard InChI is InChI=1S/C13H13Br2NO2/c14-9-3-1-2-8(6-9)11(7-16)12(17)10-4-5-18-13(10)15/h1-6,11-12,17H,7,16H2. The fourth-order valence-corrected chi connectivity index (χ4v) is 2.81. The molecule has 2 atom stereocenters. The van der Waals surface area contributed by atoms with Crippen LogP contribution in [0, 0.1) is 0 Å². The molecule has 2 aromatic rings. The maximum absolute atomic E-state index is 10.4. The van der Waals surface area contributed by atoms with Crippen LogP contribution in [0.2, 0.25) is 0 Å². The van der Waals surface area contributed by atoms with Crippen molar-refractivity contribution in [2.45, 2.75) is 12.0 Å². The van der Waals surface area contributed by atoms with E-state index in [-0.39, 0.29) is 5.92 Å². The highest BCUT2D eigenvalue weighted by molar-refractivity contribution is 9.10.